The summed E-state index contributed by atoms with van der Waals surface area (Å²) in [7, 11) is 0. The van der Waals surface area contributed by atoms with Crippen molar-refractivity contribution in [1.82, 2.24) is 0 Å². The van der Waals surface area contributed by atoms with Crippen molar-refractivity contribution in [3.63, 3.8) is 0 Å². The lowest BCUT2D eigenvalue weighted by molar-refractivity contribution is -0.112. The maximum atomic E-state index is 12.2. The summed E-state index contributed by atoms with van der Waals surface area (Å²) >= 11 is 0. The van der Waals surface area contributed by atoms with Crippen LogP contribution in [0.2, 0.25) is 0 Å². The third kappa shape index (κ3) is 2.08. The molecule has 0 spiro atoms. The van der Waals surface area contributed by atoms with Crippen LogP contribution in [0, 0.1) is 5.41 Å². The third-order valence-electron chi connectivity index (χ3n) is 4.43. The molecule has 2 atom stereocenters. The zero-order chi connectivity index (χ0) is 13.5. The Hall–Kier alpha value is -1.61. The molecule has 1 aromatic rings. The van der Waals surface area contributed by atoms with Gasteiger partial charge in [-0.05, 0) is 50.0 Å². The summed E-state index contributed by atoms with van der Waals surface area (Å²) < 4.78 is 5.27. The van der Waals surface area contributed by atoms with Crippen LogP contribution in [0.25, 0.3) is 6.08 Å². The molecule has 0 unspecified atom stereocenters. The lowest BCUT2D eigenvalue weighted by atomic mass is 9.63. The molecule has 19 heavy (non-hydrogen) atoms. The van der Waals surface area contributed by atoms with E-state index < -0.39 is 0 Å². The van der Waals surface area contributed by atoms with Crippen molar-refractivity contribution in [3.8, 4) is 0 Å². The zero-order valence-electron chi connectivity index (χ0n) is 11.1. The first kappa shape index (κ1) is 12.4. The van der Waals surface area contributed by atoms with Crippen molar-refractivity contribution in [2.75, 3.05) is 0 Å². The number of allylic oxidation sites excluding steroid dienone is 2. The van der Waals surface area contributed by atoms with Gasteiger partial charge in [-0.1, -0.05) is 12.5 Å². The fourth-order valence-corrected chi connectivity index (χ4v) is 3.17. The van der Waals surface area contributed by atoms with E-state index >= 15 is 0 Å². The SMILES string of the molecule is C[C@]12CC(=Cc3ccco3)C(=O)C=C1CCC[C@@H]2O. The molecule has 1 saturated carbocycles. The molecule has 0 aliphatic heterocycles. The van der Waals surface area contributed by atoms with E-state index in [1.54, 1.807) is 24.5 Å². The van der Waals surface area contributed by atoms with Crippen LogP contribution in [0.4, 0.5) is 0 Å². The van der Waals surface area contributed by atoms with Crippen LogP contribution >= 0.6 is 0 Å². The van der Waals surface area contributed by atoms with Gasteiger partial charge < -0.3 is 9.52 Å². The fourth-order valence-electron chi connectivity index (χ4n) is 3.17. The topological polar surface area (TPSA) is 50.4 Å². The van der Waals surface area contributed by atoms with Crippen LogP contribution in [-0.4, -0.2) is 17.0 Å². The molecule has 2 aliphatic rings. The Kier molecular flexibility index (Phi) is 2.94. The number of hydrogen-bond donors (Lipinski definition) is 1. The Balaban J connectivity index is 1.99. The monoisotopic (exact) mass is 258 g/mol. The summed E-state index contributed by atoms with van der Waals surface area (Å²) in [5, 5.41) is 10.3. The first-order chi connectivity index (χ1) is 9.09. The summed E-state index contributed by atoms with van der Waals surface area (Å²) in [4.78, 5) is 12.2. The first-order valence-electron chi connectivity index (χ1n) is 6.77. The Labute approximate surface area is 112 Å². The summed E-state index contributed by atoms with van der Waals surface area (Å²) in [6.45, 7) is 2.06. The number of fused-ring (bicyclic) bond motifs is 1. The van der Waals surface area contributed by atoms with Gasteiger partial charge in [-0.2, -0.15) is 0 Å². The molecule has 2 aliphatic carbocycles. The van der Waals surface area contributed by atoms with Crippen molar-refractivity contribution in [3.05, 3.63) is 41.4 Å². The normalized spacial score (nSPS) is 33.2. The van der Waals surface area contributed by atoms with Crippen LogP contribution < -0.4 is 0 Å². The molecular weight excluding hydrogens is 240 g/mol. The molecule has 0 aromatic carbocycles. The predicted octanol–water partition coefficient (Wildman–Crippen LogP) is 3.11. The minimum atomic E-state index is -0.361. The van der Waals surface area contributed by atoms with Gasteiger partial charge in [-0.3, -0.25) is 4.79 Å². The maximum Gasteiger partial charge on any atom is 0.181 e. The molecule has 0 bridgehead atoms. The number of rotatable bonds is 1. The molecule has 3 rings (SSSR count). The molecule has 0 amide bonds. The number of aliphatic hydroxyl groups excluding tert-OH is 1. The van der Waals surface area contributed by atoms with Gasteiger partial charge in [0, 0.05) is 11.0 Å². The van der Waals surface area contributed by atoms with E-state index in [1.165, 1.54) is 0 Å². The van der Waals surface area contributed by atoms with E-state index in [4.69, 9.17) is 4.42 Å². The van der Waals surface area contributed by atoms with Crippen LogP contribution in [0.1, 0.15) is 38.4 Å². The van der Waals surface area contributed by atoms with Gasteiger partial charge >= 0.3 is 0 Å². The van der Waals surface area contributed by atoms with Gasteiger partial charge in [0.05, 0.1) is 12.4 Å². The van der Waals surface area contributed by atoms with Crippen molar-refractivity contribution in [2.24, 2.45) is 5.41 Å². The van der Waals surface area contributed by atoms with Crippen LogP contribution in [0.5, 0.6) is 0 Å². The quantitative estimate of drug-likeness (QED) is 0.787. The third-order valence-corrected chi connectivity index (χ3v) is 4.43. The summed E-state index contributed by atoms with van der Waals surface area (Å²) in [5.41, 5.74) is 1.54. The number of hydrogen-bond acceptors (Lipinski definition) is 3. The lowest BCUT2D eigenvalue weighted by Gasteiger charge is -2.43. The van der Waals surface area contributed by atoms with Gasteiger partial charge in [0.15, 0.2) is 5.78 Å². The molecule has 3 nitrogen and oxygen atoms in total. The number of carbonyl (C=O) groups excluding carboxylic acids is 1. The van der Waals surface area contributed by atoms with E-state index in [1.807, 2.05) is 6.07 Å². The summed E-state index contributed by atoms with van der Waals surface area (Å²) in [6.07, 6.45) is 8.05. The predicted molar refractivity (Wildman–Crippen MR) is 72.4 cm³/mol. The number of carbonyl (C=O) groups is 1. The highest BCUT2D eigenvalue weighted by atomic mass is 16.3. The standard InChI is InChI=1S/C16H18O3/c1-16-10-11(8-13-5-3-7-19-13)14(17)9-12(16)4-2-6-15(16)18/h3,5,7-9,15,18H,2,4,6,10H2,1H3/t15-,16-/m0/s1. The molecule has 1 aromatic heterocycles. The number of furan rings is 1. The second-order valence-corrected chi connectivity index (χ2v) is 5.72. The Morgan fingerprint density at radius 2 is 2.37 bits per heavy atom. The minimum absolute atomic E-state index is 0.0537. The van der Waals surface area contributed by atoms with E-state index in [-0.39, 0.29) is 17.3 Å². The average Bonchev–Trinajstić information content (AvgIpc) is 2.86. The second kappa shape index (κ2) is 4.49. The fraction of sp³-hybridized carbons (Fsp3) is 0.438. The average molecular weight is 258 g/mol. The van der Waals surface area contributed by atoms with Crippen LogP contribution in [-0.2, 0) is 4.79 Å². The van der Waals surface area contributed by atoms with Crippen LogP contribution in [0.3, 0.4) is 0 Å². The number of aliphatic hydroxyl groups is 1. The van der Waals surface area contributed by atoms with Gasteiger partial charge in [-0.25, -0.2) is 0 Å². The highest BCUT2D eigenvalue weighted by Crippen LogP contribution is 2.48. The Bertz CT molecular complexity index is 551. The highest BCUT2D eigenvalue weighted by Gasteiger charge is 2.43. The second-order valence-electron chi connectivity index (χ2n) is 5.72. The number of ketones is 1. The summed E-state index contributed by atoms with van der Waals surface area (Å²) in [5.74, 6) is 0.743. The highest BCUT2D eigenvalue weighted by molar-refractivity contribution is 6.08. The molecule has 0 saturated heterocycles. The summed E-state index contributed by atoms with van der Waals surface area (Å²) in [6, 6.07) is 3.64. The molecule has 3 heteroatoms. The van der Waals surface area contributed by atoms with Crippen LogP contribution in [0.15, 0.2) is 40.0 Å². The van der Waals surface area contributed by atoms with Crippen molar-refractivity contribution in [2.45, 2.75) is 38.7 Å². The molecule has 100 valence electrons. The van der Waals surface area contributed by atoms with Gasteiger partial charge in [-0.15, -0.1) is 0 Å². The molecule has 1 heterocycles. The van der Waals surface area contributed by atoms with E-state index in [9.17, 15) is 9.90 Å². The zero-order valence-corrected chi connectivity index (χ0v) is 11.1. The van der Waals surface area contributed by atoms with Gasteiger partial charge in [0.1, 0.15) is 5.76 Å². The molecular formula is C16H18O3. The molecule has 1 fully saturated rings. The van der Waals surface area contributed by atoms with Crippen molar-refractivity contribution < 1.29 is 14.3 Å². The van der Waals surface area contributed by atoms with Gasteiger partial charge in [0.25, 0.3) is 0 Å². The first-order valence-corrected chi connectivity index (χ1v) is 6.77. The molecule has 0 radical (unpaired) electrons. The minimum Gasteiger partial charge on any atom is -0.465 e. The maximum absolute atomic E-state index is 12.2. The lowest BCUT2D eigenvalue weighted by Crippen LogP contribution is -2.40. The van der Waals surface area contributed by atoms with Crippen molar-refractivity contribution >= 4 is 11.9 Å². The Morgan fingerprint density at radius 3 is 3.11 bits per heavy atom. The van der Waals surface area contributed by atoms with E-state index in [2.05, 4.69) is 6.92 Å². The van der Waals surface area contributed by atoms with E-state index in [0.717, 1.165) is 30.4 Å². The van der Waals surface area contributed by atoms with Crippen molar-refractivity contribution in [1.29, 1.82) is 0 Å². The largest absolute Gasteiger partial charge is 0.465 e. The smallest absolute Gasteiger partial charge is 0.181 e. The van der Waals surface area contributed by atoms with Gasteiger partial charge in [0.2, 0.25) is 0 Å². The Morgan fingerprint density at radius 1 is 1.53 bits per heavy atom. The molecule has 1 N–H and O–H groups in total. The van der Waals surface area contributed by atoms with E-state index in [0.29, 0.717) is 12.2 Å².